The molecule has 2 aromatic rings. The second kappa shape index (κ2) is 8.21. The van der Waals surface area contributed by atoms with Gasteiger partial charge in [0, 0.05) is 42.9 Å². The zero-order chi connectivity index (χ0) is 18.6. The van der Waals surface area contributed by atoms with Gasteiger partial charge in [0.1, 0.15) is 0 Å². The summed E-state index contributed by atoms with van der Waals surface area (Å²) in [5.41, 5.74) is 3.00. The van der Waals surface area contributed by atoms with E-state index in [0.717, 1.165) is 42.8 Å². The predicted octanol–water partition coefficient (Wildman–Crippen LogP) is 3.12. The maximum absolute atomic E-state index is 12.3. The molecule has 6 heteroatoms. The molecular weight excluding hydrogens is 358 g/mol. The molecule has 0 saturated carbocycles. The Morgan fingerprint density at radius 1 is 1.11 bits per heavy atom. The van der Waals surface area contributed by atoms with Gasteiger partial charge in [0.05, 0.1) is 10.7 Å². The first kappa shape index (κ1) is 18.2. The fraction of sp³-hybridized carbons (Fsp3) is 0.476. The summed E-state index contributed by atoms with van der Waals surface area (Å²) in [5, 5.41) is 4.12. The van der Waals surface area contributed by atoms with Gasteiger partial charge >= 0.3 is 0 Å². The first-order valence-corrected chi connectivity index (χ1v) is 10.6. The van der Waals surface area contributed by atoms with E-state index < -0.39 is 0 Å². The van der Waals surface area contributed by atoms with Crippen LogP contribution in [0.2, 0.25) is 0 Å². The highest BCUT2D eigenvalue weighted by atomic mass is 32.1. The third-order valence-corrected chi connectivity index (χ3v) is 6.49. The van der Waals surface area contributed by atoms with Crippen molar-refractivity contribution < 1.29 is 9.59 Å². The van der Waals surface area contributed by atoms with Crippen molar-refractivity contribution >= 4 is 23.2 Å². The smallest absolute Gasteiger partial charge is 0.251 e. The van der Waals surface area contributed by atoms with Crippen LogP contribution in [0.25, 0.3) is 0 Å². The van der Waals surface area contributed by atoms with Crippen LogP contribution in [0.5, 0.6) is 0 Å². The molecule has 0 spiro atoms. The molecule has 1 N–H and O–H groups in total. The van der Waals surface area contributed by atoms with Gasteiger partial charge in [-0.1, -0.05) is 12.1 Å². The lowest BCUT2D eigenvalue weighted by atomic mass is 10.0. The summed E-state index contributed by atoms with van der Waals surface area (Å²) in [6.45, 7) is 2.08. The number of benzene rings is 1. The van der Waals surface area contributed by atoms with Crippen LogP contribution >= 0.6 is 11.3 Å². The zero-order valence-corrected chi connectivity index (χ0v) is 16.3. The van der Waals surface area contributed by atoms with Crippen LogP contribution in [0.1, 0.15) is 57.2 Å². The summed E-state index contributed by atoms with van der Waals surface area (Å²) >= 11 is 1.81. The molecule has 0 radical (unpaired) electrons. The Labute approximate surface area is 163 Å². The summed E-state index contributed by atoms with van der Waals surface area (Å²) < 4.78 is 0. The Morgan fingerprint density at radius 3 is 2.67 bits per heavy atom. The summed E-state index contributed by atoms with van der Waals surface area (Å²) in [4.78, 5) is 32.1. The summed E-state index contributed by atoms with van der Waals surface area (Å²) in [6, 6.07) is 7.56. The Kier molecular flexibility index (Phi) is 5.53. The molecule has 0 unspecified atom stereocenters. The Balaban J connectivity index is 1.26. The molecule has 1 aromatic carbocycles. The molecule has 1 aliphatic carbocycles. The molecule has 5 nitrogen and oxygen atoms in total. The number of amides is 2. The normalized spacial score (nSPS) is 16.4. The molecule has 1 aliphatic heterocycles. The van der Waals surface area contributed by atoms with Crippen LogP contribution in [0.4, 0.5) is 0 Å². The minimum atomic E-state index is -0.0554. The van der Waals surface area contributed by atoms with E-state index in [9.17, 15) is 9.59 Å². The lowest BCUT2D eigenvalue weighted by molar-refractivity contribution is -0.128. The quantitative estimate of drug-likeness (QED) is 0.834. The lowest BCUT2D eigenvalue weighted by Gasteiger charge is -2.15. The summed E-state index contributed by atoms with van der Waals surface area (Å²) in [6.07, 6.45) is 7.17. The number of hydrogen-bond acceptors (Lipinski definition) is 4. The highest BCUT2D eigenvalue weighted by molar-refractivity contribution is 7.11. The second-order valence-electron chi connectivity index (χ2n) is 7.31. The topological polar surface area (TPSA) is 62.3 Å². The van der Waals surface area contributed by atoms with E-state index >= 15 is 0 Å². The van der Waals surface area contributed by atoms with Crippen molar-refractivity contribution in [3.05, 3.63) is 51.0 Å². The Hall–Kier alpha value is -2.21. The van der Waals surface area contributed by atoms with Gasteiger partial charge in [-0.2, -0.15) is 0 Å². The molecule has 4 rings (SSSR count). The van der Waals surface area contributed by atoms with E-state index in [1.165, 1.54) is 23.4 Å². The molecule has 2 aliphatic rings. The van der Waals surface area contributed by atoms with E-state index in [2.05, 4.69) is 5.32 Å². The summed E-state index contributed by atoms with van der Waals surface area (Å²) in [5.74, 6) is 0.167. The van der Waals surface area contributed by atoms with Gasteiger partial charge in [0.2, 0.25) is 5.91 Å². The first-order valence-electron chi connectivity index (χ1n) is 9.81. The number of nitrogens with one attached hydrogen (secondary N) is 1. The van der Waals surface area contributed by atoms with Crippen LogP contribution in [0.15, 0.2) is 24.3 Å². The van der Waals surface area contributed by atoms with E-state index in [-0.39, 0.29) is 11.8 Å². The highest BCUT2D eigenvalue weighted by Crippen LogP contribution is 2.26. The molecule has 142 valence electrons. The van der Waals surface area contributed by atoms with Gasteiger partial charge in [0.15, 0.2) is 0 Å². The number of likely N-dealkylation sites (tertiary alicyclic amines) is 1. The van der Waals surface area contributed by atoms with E-state index in [0.29, 0.717) is 25.1 Å². The van der Waals surface area contributed by atoms with Crippen molar-refractivity contribution in [3.63, 3.8) is 0 Å². The standard InChI is InChI=1S/C21H25N3O2S/c25-20-6-3-13-24(20)14-15-7-9-16(10-8-15)21(26)22-12-11-19-23-17-4-1-2-5-18(17)27-19/h7-10H,1-6,11-14H2,(H,22,26). The van der Waals surface area contributed by atoms with Crippen LogP contribution < -0.4 is 5.32 Å². The number of rotatable bonds is 6. The molecule has 27 heavy (non-hydrogen) atoms. The second-order valence-corrected chi connectivity index (χ2v) is 8.47. The maximum Gasteiger partial charge on any atom is 0.251 e. The summed E-state index contributed by atoms with van der Waals surface area (Å²) in [7, 11) is 0. The Morgan fingerprint density at radius 2 is 1.93 bits per heavy atom. The molecule has 1 fully saturated rings. The number of aromatic nitrogens is 1. The molecule has 2 heterocycles. The van der Waals surface area contributed by atoms with Gasteiger partial charge in [-0.25, -0.2) is 4.98 Å². The van der Waals surface area contributed by atoms with Crippen LogP contribution in [-0.4, -0.2) is 34.8 Å². The van der Waals surface area contributed by atoms with E-state index in [1.807, 2.05) is 29.2 Å². The van der Waals surface area contributed by atoms with Crippen LogP contribution in [0, 0.1) is 0 Å². The Bertz CT molecular complexity index is 805. The number of aryl methyl sites for hydroxylation is 2. The predicted molar refractivity (Wildman–Crippen MR) is 106 cm³/mol. The van der Waals surface area contributed by atoms with E-state index in [1.54, 1.807) is 11.3 Å². The number of fused-ring (bicyclic) bond motifs is 1. The molecule has 0 atom stereocenters. The maximum atomic E-state index is 12.3. The van der Waals surface area contributed by atoms with E-state index in [4.69, 9.17) is 4.98 Å². The minimum Gasteiger partial charge on any atom is -0.352 e. The van der Waals surface area contributed by atoms with Crippen molar-refractivity contribution in [3.8, 4) is 0 Å². The van der Waals surface area contributed by atoms with Gasteiger partial charge in [-0.3, -0.25) is 9.59 Å². The highest BCUT2D eigenvalue weighted by Gasteiger charge is 2.20. The van der Waals surface area contributed by atoms with Crippen molar-refractivity contribution in [2.24, 2.45) is 0 Å². The monoisotopic (exact) mass is 383 g/mol. The minimum absolute atomic E-state index is 0.0554. The number of nitrogens with zero attached hydrogens (tertiary/aromatic N) is 2. The third kappa shape index (κ3) is 4.38. The van der Waals surface area contributed by atoms with Crippen molar-refractivity contribution in [2.45, 2.75) is 51.5 Å². The number of carbonyl (C=O) groups is 2. The van der Waals surface area contributed by atoms with Crippen molar-refractivity contribution in [1.82, 2.24) is 15.2 Å². The molecule has 0 bridgehead atoms. The first-order chi connectivity index (χ1) is 13.2. The zero-order valence-electron chi connectivity index (χ0n) is 15.5. The molecule has 1 saturated heterocycles. The largest absolute Gasteiger partial charge is 0.352 e. The SMILES string of the molecule is O=C(NCCc1nc2c(s1)CCCC2)c1ccc(CN2CCCC2=O)cc1. The average Bonchev–Trinajstić information content (AvgIpc) is 3.28. The molecule has 1 aromatic heterocycles. The molecule has 2 amide bonds. The number of carbonyl (C=O) groups excluding carboxylic acids is 2. The van der Waals surface area contributed by atoms with Gasteiger partial charge in [-0.15, -0.1) is 11.3 Å². The number of hydrogen-bond donors (Lipinski definition) is 1. The van der Waals surface area contributed by atoms with Gasteiger partial charge in [-0.05, 0) is 49.8 Å². The van der Waals surface area contributed by atoms with Crippen molar-refractivity contribution in [2.75, 3.05) is 13.1 Å². The van der Waals surface area contributed by atoms with Crippen molar-refractivity contribution in [1.29, 1.82) is 0 Å². The van der Waals surface area contributed by atoms with Crippen LogP contribution in [0.3, 0.4) is 0 Å². The molecular formula is C21H25N3O2S. The third-order valence-electron chi connectivity index (χ3n) is 5.28. The fourth-order valence-electron chi connectivity index (χ4n) is 3.75. The van der Waals surface area contributed by atoms with Crippen LogP contribution in [-0.2, 0) is 30.6 Å². The fourth-order valence-corrected chi connectivity index (χ4v) is 4.91. The van der Waals surface area contributed by atoms with Gasteiger partial charge in [0.25, 0.3) is 5.91 Å². The number of thiazole rings is 1. The van der Waals surface area contributed by atoms with Gasteiger partial charge < -0.3 is 10.2 Å². The lowest BCUT2D eigenvalue weighted by Crippen LogP contribution is -2.26. The average molecular weight is 384 g/mol.